The molecule has 1 heterocycles. The topological polar surface area (TPSA) is 92.3 Å². The van der Waals surface area contributed by atoms with Crippen LogP contribution >= 0.6 is 10.7 Å². The second kappa shape index (κ2) is 3.08. The minimum atomic E-state index is -3.83. The van der Waals surface area contributed by atoms with Gasteiger partial charge in [0.15, 0.2) is 0 Å². The molecule has 0 aromatic carbocycles. The molecule has 1 aliphatic carbocycles. The third-order valence-corrected chi connectivity index (χ3v) is 3.77. The highest BCUT2D eigenvalue weighted by Crippen LogP contribution is 2.42. The lowest BCUT2D eigenvalue weighted by Crippen LogP contribution is -2.53. The Bertz CT molecular complexity index is 430. The molecular formula is C7H9ClN2O4S. The average Bonchev–Trinajstić information content (AvgIpc) is 2.77. The fourth-order valence-electron chi connectivity index (χ4n) is 1.86. The van der Waals surface area contributed by atoms with Crippen LogP contribution < -0.4 is 10.6 Å². The number of imide groups is 1. The summed E-state index contributed by atoms with van der Waals surface area (Å²) in [6.45, 7) is 0. The van der Waals surface area contributed by atoms with E-state index < -0.39 is 32.3 Å². The summed E-state index contributed by atoms with van der Waals surface area (Å²) in [7, 11) is 1.30. The van der Waals surface area contributed by atoms with Crippen LogP contribution in [0.4, 0.5) is 4.79 Å². The molecule has 0 unspecified atom stereocenters. The van der Waals surface area contributed by atoms with Crippen molar-refractivity contribution < 1.29 is 18.0 Å². The van der Waals surface area contributed by atoms with E-state index in [0.717, 1.165) is 12.8 Å². The number of rotatable bonds is 3. The summed E-state index contributed by atoms with van der Waals surface area (Å²) in [6, 6.07) is -0.660. The standard InChI is InChI=1S/C7H9ClN2O4S/c8-15(13,14)3-7(4-1-2-4)5(11)9-6(12)10-7/h4H,1-3H2,(H2,9,10,11,12)/t7-/m0/s1. The lowest BCUT2D eigenvalue weighted by molar-refractivity contribution is -0.123. The largest absolute Gasteiger partial charge is 0.322 e. The Labute approximate surface area is 90.8 Å². The van der Waals surface area contributed by atoms with E-state index >= 15 is 0 Å². The van der Waals surface area contributed by atoms with Crippen molar-refractivity contribution in [2.75, 3.05) is 5.75 Å². The SMILES string of the molecule is O=C1NC(=O)[C@](CS(=O)(=O)Cl)(C2CC2)N1. The maximum absolute atomic E-state index is 11.5. The number of amides is 3. The Kier molecular flexibility index (Phi) is 2.20. The number of carbonyl (C=O) groups is 2. The Hall–Kier alpha value is -0.820. The van der Waals surface area contributed by atoms with Gasteiger partial charge in [-0.05, 0) is 18.8 Å². The highest BCUT2D eigenvalue weighted by molar-refractivity contribution is 8.13. The van der Waals surface area contributed by atoms with Crippen molar-refractivity contribution in [2.24, 2.45) is 5.92 Å². The summed E-state index contributed by atoms with van der Waals surface area (Å²) in [4.78, 5) is 22.6. The van der Waals surface area contributed by atoms with Crippen LogP contribution in [-0.2, 0) is 13.8 Å². The quantitative estimate of drug-likeness (QED) is 0.525. The Morgan fingerprint density at radius 1 is 1.40 bits per heavy atom. The highest BCUT2D eigenvalue weighted by Gasteiger charge is 2.57. The van der Waals surface area contributed by atoms with Crippen LogP contribution in [-0.4, -0.2) is 31.6 Å². The molecular weight excluding hydrogens is 244 g/mol. The maximum atomic E-state index is 11.5. The molecule has 2 aliphatic rings. The third kappa shape index (κ3) is 1.93. The third-order valence-electron chi connectivity index (χ3n) is 2.64. The molecule has 2 N–H and O–H groups in total. The Morgan fingerprint density at radius 3 is 2.33 bits per heavy atom. The minimum absolute atomic E-state index is 0.127. The monoisotopic (exact) mass is 252 g/mol. The van der Waals surface area contributed by atoms with Crippen LogP contribution in [0.5, 0.6) is 0 Å². The molecule has 6 nitrogen and oxygen atoms in total. The second-order valence-corrected chi connectivity index (χ2v) is 6.61. The minimum Gasteiger partial charge on any atom is -0.322 e. The number of halogens is 1. The van der Waals surface area contributed by atoms with Crippen molar-refractivity contribution in [1.29, 1.82) is 0 Å². The van der Waals surface area contributed by atoms with E-state index in [1.54, 1.807) is 0 Å². The van der Waals surface area contributed by atoms with Crippen LogP contribution in [0.15, 0.2) is 0 Å². The predicted octanol–water partition coefficient (Wildman–Crippen LogP) is -0.457. The molecule has 2 rings (SSSR count). The van der Waals surface area contributed by atoms with Gasteiger partial charge in [0.05, 0.1) is 5.75 Å². The molecule has 0 spiro atoms. The zero-order chi connectivity index (χ0) is 11.3. The van der Waals surface area contributed by atoms with E-state index in [9.17, 15) is 18.0 Å². The summed E-state index contributed by atoms with van der Waals surface area (Å²) < 4.78 is 22.0. The normalized spacial score (nSPS) is 31.3. The number of hydrogen-bond donors (Lipinski definition) is 2. The highest BCUT2D eigenvalue weighted by atomic mass is 35.7. The first-order chi connectivity index (χ1) is 6.83. The molecule has 3 amide bonds. The lowest BCUT2D eigenvalue weighted by Gasteiger charge is -2.23. The molecule has 1 atom stereocenters. The van der Waals surface area contributed by atoms with E-state index in [0.29, 0.717) is 0 Å². The zero-order valence-corrected chi connectivity index (χ0v) is 9.19. The van der Waals surface area contributed by atoms with Gasteiger partial charge in [-0.1, -0.05) is 0 Å². The first-order valence-electron chi connectivity index (χ1n) is 4.39. The smallest absolute Gasteiger partial charge is 0.322 e. The Balaban J connectivity index is 2.33. The maximum Gasteiger partial charge on any atom is 0.322 e. The van der Waals surface area contributed by atoms with E-state index in [-0.39, 0.29) is 5.92 Å². The molecule has 0 aromatic heterocycles. The van der Waals surface area contributed by atoms with Gasteiger partial charge in [-0.25, -0.2) is 13.2 Å². The van der Waals surface area contributed by atoms with Crippen LogP contribution in [0.25, 0.3) is 0 Å². The number of nitrogens with one attached hydrogen (secondary N) is 2. The summed E-state index contributed by atoms with van der Waals surface area (Å²) in [6.07, 6.45) is 1.44. The fourth-order valence-corrected chi connectivity index (χ4v) is 3.36. The molecule has 15 heavy (non-hydrogen) atoms. The van der Waals surface area contributed by atoms with Gasteiger partial charge in [-0.2, -0.15) is 0 Å². The van der Waals surface area contributed by atoms with Gasteiger partial charge in [-0.15, -0.1) is 0 Å². The van der Waals surface area contributed by atoms with Crippen LogP contribution in [0.1, 0.15) is 12.8 Å². The predicted molar refractivity (Wildman–Crippen MR) is 51.8 cm³/mol. The van der Waals surface area contributed by atoms with Crippen molar-refractivity contribution in [3.05, 3.63) is 0 Å². The van der Waals surface area contributed by atoms with Crippen molar-refractivity contribution in [1.82, 2.24) is 10.6 Å². The second-order valence-electron chi connectivity index (χ2n) is 3.84. The fraction of sp³-hybridized carbons (Fsp3) is 0.714. The molecule has 0 aromatic rings. The van der Waals surface area contributed by atoms with Crippen molar-refractivity contribution in [2.45, 2.75) is 18.4 Å². The van der Waals surface area contributed by atoms with Gasteiger partial charge < -0.3 is 5.32 Å². The van der Waals surface area contributed by atoms with Gasteiger partial charge in [0.2, 0.25) is 9.05 Å². The number of urea groups is 1. The van der Waals surface area contributed by atoms with Crippen molar-refractivity contribution in [3.63, 3.8) is 0 Å². The first-order valence-corrected chi connectivity index (χ1v) is 6.87. The molecule has 1 saturated carbocycles. The number of hydrogen-bond acceptors (Lipinski definition) is 4. The average molecular weight is 253 g/mol. The molecule has 0 bridgehead atoms. The van der Waals surface area contributed by atoms with Crippen molar-refractivity contribution >= 4 is 31.7 Å². The molecule has 1 saturated heterocycles. The summed E-state index contributed by atoms with van der Waals surface area (Å²) in [5.41, 5.74) is -1.35. The molecule has 84 valence electrons. The van der Waals surface area contributed by atoms with Gasteiger partial charge in [-0.3, -0.25) is 10.1 Å². The summed E-state index contributed by atoms with van der Waals surface area (Å²) in [5.74, 6) is -1.28. The number of carbonyl (C=O) groups excluding carboxylic acids is 2. The zero-order valence-electron chi connectivity index (χ0n) is 7.62. The first kappa shape index (κ1) is 10.7. The van der Waals surface area contributed by atoms with Crippen LogP contribution in [0.3, 0.4) is 0 Å². The molecule has 1 aliphatic heterocycles. The Morgan fingerprint density at radius 2 is 2.00 bits per heavy atom. The van der Waals surface area contributed by atoms with Crippen LogP contribution in [0, 0.1) is 5.92 Å². The summed E-state index contributed by atoms with van der Waals surface area (Å²) in [5, 5.41) is 4.41. The molecule has 8 heteroatoms. The van der Waals surface area contributed by atoms with Crippen molar-refractivity contribution in [3.8, 4) is 0 Å². The van der Waals surface area contributed by atoms with Gasteiger partial charge >= 0.3 is 6.03 Å². The van der Waals surface area contributed by atoms with Gasteiger partial charge in [0.1, 0.15) is 5.54 Å². The summed E-state index contributed by atoms with van der Waals surface area (Å²) >= 11 is 0. The van der Waals surface area contributed by atoms with E-state index in [2.05, 4.69) is 5.32 Å². The van der Waals surface area contributed by atoms with Crippen LogP contribution in [0.2, 0.25) is 0 Å². The lowest BCUT2D eigenvalue weighted by atomic mass is 9.96. The van der Waals surface area contributed by atoms with E-state index in [1.807, 2.05) is 5.32 Å². The van der Waals surface area contributed by atoms with E-state index in [1.165, 1.54) is 0 Å². The molecule has 0 radical (unpaired) electrons. The van der Waals surface area contributed by atoms with E-state index in [4.69, 9.17) is 10.7 Å². The molecule has 2 fully saturated rings. The van der Waals surface area contributed by atoms with Gasteiger partial charge in [0, 0.05) is 10.7 Å². The van der Waals surface area contributed by atoms with Gasteiger partial charge in [0.25, 0.3) is 5.91 Å².